The van der Waals surface area contributed by atoms with Gasteiger partial charge in [0.2, 0.25) is 59.1 Å². The lowest BCUT2D eigenvalue weighted by molar-refractivity contribution is -0.142. The Kier molecular flexibility index (Phi) is 22.9. The quantitative estimate of drug-likeness (QED) is 0.0326. The predicted octanol–water partition coefficient (Wildman–Crippen LogP) is -2.95. The number of nitrogens with one attached hydrogen (secondary N) is 7. The van der Waals surface area contributed by atoms with E-state index < -0.39 is 120 Å². The lowest BCUT2D eigenvalue weighted by Gasteiger charge is -2.31. The topological polar surface area (TPSA) is 395 Å². The van der Waals surface area contributed by atoms with Crippen molar-refractivity contribution in [2.45, 2.75) is 108 Å². The molecule has 392 valence electrons. The number of hydrogen-bond donors (Lipinski definition) is 12. The molecule has 72 heavy (non-hydrogen) atoms. The van der Waals surface area contributed by atoms with Gasteiger partial charge in [0.15, 0.2) is 5.96 Å². The van der Waals surface area contributed by atoms with E-state index in [4.69, 9.17) is 22.9 Å². The van der Waals surface area contributed by atoms with Crippen molar-refractivity contribution in [2.24, 2.45) is 33.8 Å². The molecular formula is C46H65N13O11S2. The van der Waals surface area contributed by atoms with Gasteiger partial charge in [-0.3, -0.25) is 52.9 Å². The first-order valence-electron chi connectivity index (χ1n) is 23.3. The van der Waals surface area contributed by atoms with Gasteiger partial charge in [0.25, 0.3) is 0 Å². The Bertz CT molecular complexity index is 2290. The molecule has 24 nitrogen and oxygen atoms in total. The number of amides is 10. The number of likely N-dealkylation sites (tertiary alicyclic amines) is 1. The number of hydrogen-bond acceptors (Lipinski definition) is 14. The van der Waals surface area contributed by atoms with Crippen LogP contribution in [0.5, 0.6) is 5.75 Å². The maximum atomic E-state index is 14.5. The highest BCUT2D eigenvalue weighted by atomic mass is 33.1. The summed E-state index contributed by atoms with van der Waals surface area (Å²) in [5.74, 6) is -8.72. The Morgan fingerprint density at radius 1 is 0.778 bits per heavy atom. The van der Waals surface area contributed by atoms with E-state index in [-0.39, 0.29) is 74.8 Å². The van der Waals surface area contributed by atoms with Gasteiger partial charge in [-0.05, 0) is 54.9 Å². The maximum Gasteiger partial charge on any atom is 0.246 e. The molecule has 7 atom stereocenters. The van der Waals surface area contributed by atoms with E-state index in [1.807, 2.05) is 0 Å². The van der Waals surface area contributed by atoms with Crippen LogP contribution in [0, 0.1) is 5.92 Å². The first-order valence-corrected chi connectivity index (χ1v) is 25.8. The third-order valence-electron chi connectivity index (χ3n) is 11.4. The highest BCUT2D eigenvalue weighted by molar-refractivity contribution is 8.76. The van der Waals surface area contributed by atoms with Crippen LogP contribution in [0.15, 0.2) is 59.6 Å². The van der Waals surface area contributed by atoms with Crippen LogP contribution in [0.4, 0.5) is 0 Å². The average molecular weight is 1040 g/mol. The van der Waals surface area contributed by atoms with Crippen LogP contribution >= 0.6 is 21.6 Å². The summed E-state index contributed by atoms with van der Waals surface area (Å²) in [6.07, 6.45) is -0.110. The number of rotatable bonds is 17. The number of carbonyl (C=O) groups is 10. The molecule has 0 bridgehead atoms. The van der Waals surface area contributed by atoms with Crippen molar-refractivity contribution in [3.63, 3.8) is 0 Å². The predicted molar refractivity (Wildman–Crippen MR) is 269 cm³/mol. The van der Waals surface area contributed by atoms with Gasteiger partial charge >= 0.3 is 0 Å². The molecule has 0 spiro atoms. The fourth-order valence-corrected chi connectivity index (χ4v) is 9.88. The van der Waals surface area contributed by atoms with E-state index in [1.54, 1.807) is 56.3 Å². The second-order valence-corrected chi connectivity index (χ2v) is 20.1. The zero-order valence-corrected chi connectivity index (χ0v) is 41.7. The number of phenols is 1. The molecule has 16 N–H and O–H groups in total. The van der Waals surface area contributed by atoms with Crippen LogP contribution in [-0.4, -0.2) is 148 Å². The molecule has 2 fully saturated rings. The minimum atomic E-state index is -1.66. The third kappa shape index (κ3) is 18.9. The molecule has 2 heterocycles. The van der Waals surface area contributed by atoms with E-state index >= 15 is 0 Å². The van der Waals surface area contributed by atoms with Crippen LogP contribution in [0.2, 0.25) is 0 Å². The summed E-state index contributed by atoms with van der Waals surface area (Å²) in [7, 11) is 2.26. The van der Waals surface area contributed by atoms with Gasteiger partial charge in [-0.25, -0.2) is 0 Å². The Morgan fingerprint density at radius 3 is 2.04 bits per heavy atom. The number of benzene rings is 2. The van der Waals surface area contributed by atoms with E-state index in [9.17, 15) is 53.1 Å². The molecule has 10 amide bonds. The van der Waals surface area contributed by atoms with Crippen molar-refractivity contribution in [1.29, 1.82) is 0 Å². The number of nitrogens with zero attached hydrogens (tertiary/aromatic N) is 2. The van der Waals surface area contributed by atoms with Crippen molar-refractivity contribution < 1.29 is 53.1 Å². The highest BCUT2D eigenvalue weighted by Gasteiger charge is 2.40. The van der Waals surface area contributed by atoms with Crippen LogP contribution in [0.25, 0.3) is 0 Å². The van der Waals surface area contributed by atoms with E-state index in [0.29, 0.717) is 17.5 Å². The molecule has 4 rings (SSSR count). The van der Waals surface area contributed by atoms with E-state index in [1.165, 1.54) is 17.0 Å². The number of primary amides is 2. The number of aromatic hydroxyl groups is 1. The second kappa shape index (κ2) is 28.7. The normalized spacial score (nSPS) is 22.2. The van der Waals surface area contributed by atoms with Crippen LogP contribution in [0.3, 0.4) is 0 Å². The average Bonchev–Trinajstić information content (AvgIpc) is 3.83. The minimum absolute atomic E-state index is 0.0150. The molecule has 0 aliphatic carbocycles. The Balaban J connectivity index is 1.66. The van der Waals surface area contributed by atoms with Gasteiger partial charge < -0.3 is 70.2 Å². The highest BCUT2D eigenvalue weighted by Crippen LogP contribution is 2.26. The summed E-state index contributed by atoms with van der Waals surface area (Å²) in [6, 6.07) is 5.53. The van der Waals surface area contributed by atoms with Gasteiger partial charge in [-0.2, -0.15) is 0 Å². The summed E-state index contributed by atoms with van der Waals surface area (Å²) in [5.41, 5.74) is 22.8. The third-order valence-corrected chi connectivity index (χ3v) is 13.8. The zero-order valence-electron chi connectivity index (χ0n) is 40.1. The Hall–Kier alpha value is -7.09. The molecule has 2 aromatic carbocycles. The number of aliphatic imine (C=N–C) groups is 1. The van der Waals surface area contributed by atoms with Crippen LogP contribution in [0.1, 0.15) is 63.5 Å². The number of guanidine groups is 1. The molecule has 2 aliphatic rings. The second-order valence-electron chi connectivity index (χ2n) is 17.5. The standard InChI is InChI=1S/C46H65N13O11S2/c1-25(2)38-44(69)56-32(22-35(47)61)41(66)57-33(45(70)59-18-7-11-34(59)43(68)54-29(10-6-17-51-46(49)50)39(64)52-23-36(48)62)24-72-71-19-16-37(63)53-30(21-27-12-14-28(60)15-13-27)40(65)55-31(42(67)58-38)20-26-8-4-3-5-9-26/h3-5,8-9,12-15,25,29-34,38,60H,6-7,10-11,16-24H2,1-2H3,(H2,47,61)(H2,48,62)(H,52,64)(H,53,63)(H,54,68)(H,55,65)(H,56,69)(H,57,66)(H,58,67)(H4,49,50,51)/t29-,30?,31+,32+,33?,34+,38?/m1/s1. The molecule has 3 unspecified atom stereocenters. The number of nitrogens with two attached hydrogens (primary N) is 4. The Labute approximate surface area is 424 Å². The number of carbonyl (C=O) groups excluding carboxylic acids is 10. The summed E-state index contributed by atoms with van der Waals surface area (Å²) in [4.78, 5) is 141. The van der Waals surface area contributed by atoms with Crippen molar-refractivity contribution >= 4 is 86.6 Å². The molecule has 0 aromatic heterocycles. The molecule has 2 aromatic rings. The van der Waals surface area contributed by atoms with Gasteiger partial charge in [0.05, 0.1) is 13.0 Å². The van der Waals surface area contributed by atoms with E-state index in [2.05, 4.69) is 42.2 Å². The first-order chi connectivity index (χ1) is 34.2. The smallest absolute Gasteiger partial charge is 0.246 e. The lowest BCUT2D eigenvalue weighted by atomic mass is 9.99. The summed E-state index contributed by atoms with van der Waals surface area (Å²) >= 11 is 0. The number of phenolic OH excluding ortho intramolecular Hbond substituents is 1. The fraction of sp³-hybridized carbons (Fsp3) is 0.500. The van der Waals surface area contributed by atoms with E-state index in [0.717, 1.165) is 21.6 Å². The largest absolute Gasteiger partial charge is 0.508 e. The Morgan fingerprint density at radius 2 is 1.40 bits per heavy atom. The fourth-order valence-electron chi connectivity index (χ4n) is 7.73. The van der Waals surface area contributed by atoms with Crippen molar-refractivity contribution in [3.05, 3.63) is 65.7 Å². The molecule has 0 radical (unpaired) electrons. The monoisotopic (exact) mass is 1040 g/mol. The lowest BCUT2D eigenvalue weighted by Crippen LogP contribution is -2.61. The molecule has 2 saturated heterocycles. The van der Waals surface area contributed by atoms with Gasteiger partial charge in [0.1, 0.15) is 48.0 Å². The van der Waals surface area contributed by atoms with Gasteiger partial charge in [-0.1, -0.05) is 77.9 Å². The molecule has 26 heteroatoms. The molecule has 0 saturated carbocycles. The summed E-state index contributed by atoms with van der Waals surface area (Å²) < 4.78 is 0. The SMILES string of the molecule is CC(C)C1NC(=O)[C@H](Cc2ccccc2)NC(=O)C(Cc2ccc(O)cc2)NC(=O)CCSSCC(C(=O)N2CCC[C@H]2C(=O)N[C@H](CCCN=C(N)N)C(=O)NCC(N)=O)NC(=O)[C@H](CC(N)=O)NC1=O. The summed E-state index contributed by atoms with van der Waals surface area (Å²) in [6.45, 7) is 2.91. The summed E-state index contributed by atoms with van der Waals surface area (Å²) in [5, 5.41) is 28.2. The van der Waals surface area contributed by atoms with Crippen LogP contribution < -0.4 is 60.2 Å². The van der Waals surface area contributed by atoms with Crippen molar-refractivity contribution in [2.75, 3.05) is 31.1 Å². The van der Waals surface area contributed by atoms with Crippen molar-refractivity contribution in [1.82, 2.24) is 42.1 Å². The van der Waals surface area contributed by atoms with Gasteiger partial charge in [0, 0.05) is 43.9 Å². The first kappa shape index (κ1) is 57.5. The molecule has 2 aliphatic heterocycles. The van der Waals surface area contributed by atoms with Crippen LogP contribution in [-0.2, 0) is 60.8 Å². The van der Waals surface area contributed by atoms with Gasteiger partial charge in [-0.15, -0.1) is 0 Å². The maximum absolute atomic E-state index is 14.5. The molecular weight excluding hydrogens is 975 g/mol. The van der Waals surface area contributed by atoms with Crippen molar-refractivity contribution in [3.8, 4) is 5.75 Å². The zero-order chi connectivity index (χ0) is 52.9. The minimum Gasteiger partial charge on any atom is -0.508 e.